The van der Waals surface area contributed by atoms with Crippen LogP contribution < -0.4 is 10.5 Å². The number of aromatic nitrogens is 1. The van der Waals surface area contributed by atoms with Crippen molar-refractivity contribution >= 4 is 24.0 Å². The topological polar surface area (TPSA) is 82.3 Å². The van der Waals surface area contributed by atoms with Gasteiger partial charge in [-0.3, -0.25) is 4.79 Å². The first-order valence-electron chi connectivity index (χ1n) is 3.22. The van der Waals surface area contributed by atoms with Crippen molar-refractivity contribution in [1.82, 2.24) is 4.98 Å². The molecule has 0 atom stereocenters. The summed E-state index contributed by atoms with van der Waals surface area (Å²) in [6.45, 7) is 0. The second-order valence-electron chi connectivity index (χ2n) is 2.07. The van der Waals surface area contributed by atoms with Gasteiger partial charge in [0.2, 0.25) is 5.88 Å². The number of hydrogen-bond acceptors (Lipinski definition) is 4. The molecular formula is C7H5ClN2O3. The van der Waals surface area contributed by atoms with Crippen molar-refractivity contribution in [2.24, 2.45) is 5.73 Å². The number of ether oxygens (including phenoxy) is 1. The van der Waals surface area contributed by atoms with E-state index in [2.05, 4.69) is 9.72 Å². The fourth-order valence-electron chi connectivity index (χ4n) is 0.695. The zero-order valence-corrected chi connectivity index (χ0v) is 7.12. The Morgan fingerprint density at radius 2 is 2.31 bits per heavy atom. The predicted octanol–water partition coefficient (Wildman–Crippen LogP) is 1.01. The Labute approximate surface area is 78.5 Å². The molecule has 0 spiro atoms. The van der Waals surface area contributed by atoms with E-state index in [-0.39, 0.29) is 16.6 Å². The molecule has 2 N–H and O–H groups in total. The minimum Gasteiger partial charge on any atom is -0.391 e. The smallest absolute Gasteiger partial charge is 0.391 e. The summed E-state index contributed by atoms with van der Waals surface area (Å²) in [5.74, 6) is -0.185. The highest BCUT2D eigenvalue weighted by Crippen LogP contribution is 2.16. The Bertz CT molecular complexity index is 354. The second-order valence-corrected chi connectivity index (χ2v) is 2.45. The molecule has 0 aliphatic rings. The average Bonchev–Trinajstić information content (AvgIpc) is 2.03. The zero-order valence-electron chi connectivity index (χ0n) is 6.36. The molecule has 13 heavy (non-hydrogen) atoms. The Morgan fingerprint density at radius 3 is 2.85 bits per heavy atom. The first-order valence-corrected chi connectivity index (χ1v) is 3.60. The van der Waals surface area contributed by atoms with Gasteiger partial charge in [0, 0.05) is 0 Å². The number of pyridine rings is 1. The lowest BCUT2D eigenvalue weighted by atomic mass is 10.3. The molecule has 0 aromatic carbocycles. The van der Waals surface area contributed by atoms with Crippen molar-refractivity contribution in [3.63, 3.8) is 0 Å². The van der Waals surface area contributed by atoms with Crippen LogP contribution in [-0.2, 0) is 0 Å². The van der Waals surface area contributed by atoms with Crippen molar-refractivity contribution in [2.45, 2.75) is 0 Å². The molecule has 0 aliphatic heterocycles. The van der Waals surface area contributed by atoms with Crippen LogP contribution in [0.2, 0.25) is 5.15 Å². The molecule has 68 valence electrons. The lowest BCUT2D eigenvalue weighted by Gasteiger charge is -2.01. The molecule has 0 unspecified atom stereocenters. The van der Waals surface area contributed by atoms with Gasteiger partial charge in [0.15, 0.2) is 6.29 Å². The van der Waals surface area contributed by atoms with Gasteiger partial charge in [-0.2, -0.15) is 0 Å². The van der Waals surface area contributed by atoms with Gasteiger partial charge in [-0.05, 0) is 12.1 Å². The van der Waals surface area contributed by atoms with Gasteiger partial charge in [-0.25, -0.2) is 9.78 Å². The Kier molecular flexibility index (Phi) is 2.81. The number of aldehydes is 1. The lowest BCUT2D eigenvalue weighted by Crippen LogP contribution is -2.17. The summed E-state index contributed by atoms with van der Waals surface area (Å²) in [5.41, 5.74) is 4.85. The van der Waals surface area contributed by atoms with Crippen molar-refractivity contribution in [1.29, 1.82) is 0 Å². The molecule has 6 heteroatoms. The van der Waals surface area contributed by atoms with Gasteiger partial charge in [0.05, 0.1) is 5.56 Å². The van der Waals surface area contributed by atoms with Gasteiger partial charge in [-0.1, -0.05) is 11.6 Å². The Morgan fingerprint density at radius 1 is 1.62 bits per heavy atom. The number of hydrogen-bond donors (Lipinski definition) is 1. The van der Waals surface area contributed by atoms with Gasteiger partial charge < -0.3 is 10.5 Å². The fraction of sp³-hybridized carbons (Fsp3) is 0. The van der Waals surface area contributed by atoms with Crippen LogP contribution in [0.1, 0.15) is 10.4 Å². The fourth-order valence-corrected chi connectivity index (χ4v) is 0.835. The standard InChI is InChI=1S/C7H5ClN2O3/c8-5-2-1-4(3-11)6(10-5)13-7(9)12/h1-3H,(H2,9,12). The van der Waals surface area contributed by atoms with Gasteiger partial charge in [-0.15, -0.1) is 0 Å². The van der Waals surface area contributed by atoms with Crippen LogP contribution in [0.4, 0.5) is 4.79 Å². The average molecular weight is 201 g/mol. The third-order valence-corrected chi connectivity index (χ3v) is 1.39. The van der Waals surface area contributed by atoms with Crippen LogP contribution in [0.5, 0.6) is 5.88 Å². The summed E-state index contributed by atoms with van der Waals surface area (Å²) in [6.07, 6.45) is -0.556. The maximum atomic E-state index is 10.4. The number of primary amides is 1. The molecule has 1 heterocycles. The summed E-state index contributed by atoms with van der Waals surface area (Å²) in [7, 11) is 0. The SMILES string of the molecule is NC(=O)Oc1nc(Cl)ccc1C=O. The third-order valence-electron chi connectivity index (χ3n) is 1.18. The molecule has 5 nitrogen and oxygen atoms in total. The van der Waals surface area contributed by atoms with E-state index in [9.17, 15) is 9.59 Å². The van der Waals surface area contributed by atoms with Crippen molar-refractivity contribution in [3.05, 3.63) is 22.8 Å². The quantitative estimate of drug-likeness (QED) is 0.570. The molecule has 0 aliphatic carbocycles. The molecule has 1 rings (SSSR count). The molecular weight excluding hydrogens is 196 g/mol. The van der Waals surface area contributed by atoms with Crippen LogP contribution in [0.25, 0.3) is 0 Å². The minimum atomic E-state index is -1.04. The monoisotopic (exact) mass is 200 g/mol. The van der Waals surface area contributed by atoms with E-state index < -0.39 is 6.09 Å². The zero-order chi connectivity index (χ0) is 9.84. The van der Waals surface area contributed by atoms with Gasteiger partial charge >= 0.3 is 6.09 Å². The highest BCUT2D eigenvalue weighted by Gasteiger charge is 2.08. The van der Waals surface area contributed by atoms with Crippen molar-refractivity contribution < 1.29 is 14.3 Å². The highest BCUT2D eigenvalue weighted by molar-refractivity contribution is 6.29. The van der Waals surface area contributed by atoms with Crippen LogP contribution >= 0.6 is 11.6 Å². The van der Waals surface area contributed by atoms with E-state index in [0.29, 0.717) is 6.29 Å². The molecule has 1 aromatic heterocycles. The number of nitrogens with two attached hydrogens (primary N) is 1. The maximum absolute atomic E-state index is 10.4. The normalized spacial score (nSPS) is 9.31. The van der Waals surface area contributed by atoms with E-state index in [1.807, 2.05) is 0 Å². The van der Waals surface area contributed by atoms with Gasteiger partial charge in [0.1, 0.15) is 5.15 Å². The van der Waals surface area contributed by atoms with Gasteiger partial charge in [0.25, 0.3) is 0 Å². The number of nitrogens with zero attached hydrogens (tertiary/aromatic N) is 1. The van der Waals surface area contributed by atoms with E-state index in [0.717, 1.165) is 0 Å². The lowest BCUT2D eigenvalue weighted by molar-refractivity contribution is 0.112. The Hall–Kier alpha value is -1.62. The van der Waals surface area contributed by atoms with Crippen LogP contribution in [0, 0.1) is 0 Å². The molecule has 0 saturated heterocycles. The number of amides is 1. The summed E-state index contributed by atoms with van der Waals surface area (Å²) in [4.78, 5) is 24.3. The largest absolute Gasteiger partial charge is 0.411 e. The third kappa shape index (κ3) is 2.41. The van der Waals surface area contributed by atoms with E-state index >= 15 is 0 Å². The summed E-state index contributed by atoms with van der Waals surface area (Å²) in [6, 6.07) is 2.78. The van der Waals surface area contributed by atoms with Crippen LogP contribution in [-0.4, -0.2) is 17.4 Å². The predicted molar refractivity (Wildman–Crippen MR) is 44.8 cm³/mol. The molecule has 0 fully saturated rings. The van der Waals surface area contributed by atoms with Crippen molar-refractivity contribution in [3.8, 4) is 5.88 Å². The first-order chi connectivity index (χ1) is 6.13. The van der Waals surface area contributed by atoms with E-state index in [1.165, 1.54) is 12.1 Å². The number of carbonyl (C=O) groups is 2. The van der Waals surface area contributed by atoms with E-state index in [1.54, 1.807) is 0 Å². The minimum absolute atomic E-state index is 0.113. The van der Waals surface area contributed by atoms with Crippen molar-refractivity contribution in [2.75, 3.05) is 0 Å². The Balaban J connectivity index is 3.07. The molecule has 0 bridgehead atoms. The molecule has 1 amide bonds. The highest BCUT2D eigenvalue weighted by atomic mass is 35.5. The first kappa shape index (κ1) is 9.47. The molecule has 0 saturated carbocycles. The number of rotatable bonds is 2. The molecule has 1 aromatic rings. The van der Waals surface area contributed by atoms with Crippen LogP contribution in [0.15, 0.2) is 12.1 Å². The number of carbonyl (C=O) groups excluding carboxylic acids is 2. The maximum Gasteiger partial charge on any atom is 0.411 e. The number of halogens is 1. The summed E-state index contributed by atoms with van der Waals surface area (Å²) < 4.78 is 4.43. The van der Waals surface area contributed by atoms with Crippen LogP contribution in [0.3, 0.4) is 0 Å². The molecule has 0 radical (unpaired) electrons. The summed E-state index contributed by atoms with van der Waals surface area (Å²) >= 11 is 5.50. The van der Waals surface area contributed by atoms with E-state index in [4.69, 9.17) is 17.3 Å². The second kappa shape index (κ2) is 3.86. The summed E-state index contributed by atoms with van der Waals surface area (Å²) in [5, 5.41) is 0.113.